The van der Waals surface area contributed by atoms with Gasteiger partial charge in [-0.05, 0) is 35.1 Å². The van der Waals surface area contributed by atoms with Gasteiger partial charge in [-0.15, -0.1) is 0 Å². The largest absolute Gasteiger partial charge is 0.445 e. The van der Waals surface area contributed by atoms with Gasteiger partial charge in [0.05, 0.1) is 0 Å². The minimum absolute atomic E-state index is 0.0334. The number of ether oxygens (including phenoxy) is 1. The lowest BCUT2D eigenvalue weighted by Gasteiger charge is -2.30. The van der Waals surface area contributed by atoms with Gasteiger partial charge in [-0.2, -0.15) is 0 Å². The molecule has 5 rings (SSSR count). The SMILES string of the molecule is O=C(OCc1ccccc1)N1CC(c2ccccc2)(c2ccccc2)CC1Cc1ccccc1. The first kappa shape index (κ1) is 22.0. The molecule has 1 amide bonds. The Labute approximate surface area is 201 Å². The number of rotatable bonds is 6. The normalized spacial score (nSPS) is 16.8. The van der Waals surface area contributed by atoms with Crippen LogP contribution in [0.4, 0.5) is 4.79 Å². The van der Waals surface area contributed by atoms with Gasteiger partial charge in [-0.1, -0.05) is 121 Å². The molecule has 4 aromatic rings. The molecule has 1 heterocycles. The highest BCUT2D eigenvalue weighted by atomic mass is 16.6. The lowest BCUT2D eigenvalue weighted by atomic mass is 9.72. The molecule has 1 atom stereocenters. The second-order valence-electron chi connectivity index (χ2n) is 9.03. The van der Waals surface area contributed by atoms with Crippen molar-refractivity contribution in [3.8, 4) is 0 Å². The van der Waals surface area contributed by atoms with Gasteiger partial charge in [0, 0.05) is 18.0 Å². The van der Waals surface area contributed by atoms with Gasteiger partial charge in [0.2, 0.25) is 0 Å². The topological polar surface area (TPSA) is 29.5 Å². The summed E-state index contributed by atoms with van der Waals surface area (Å²) in [6, 6.07) is 41.5. The van der Waals surface area contributed by atoms with Crippen molar-refractivity contribution in [1.82, 2.24) is 4.90 Å². The number of carbonyl (C=O) groups excluding carboxylic acids is 1. The van der Waals surface area contributed by atoms with E-state index < -0.39 is 0 Å². The van der Waals surface area contributed by atoms with Crippen LogP contribution in [-0.4, -0.2) is 23.6 Å². The molecule has 34 heavy (non-hydrogen) atoms. The van der Waals surface area contributed by atoms with Gasteiger partial charge in [0.15, 0.2) is 0 Å². The van der Waals surface area contributed by atoms with Crippen molar-refractivity contribution in [2.24, 2.45) is 0 Å². The number of hydrogen-bond donors (Lipinski definition) is 0. The van der Waals surface area contributed by atoms with Crippen molar-refractivity contribution in [3.63, 3.8) is 0 Å². The highest BCUT2D eigenvalue weighted by Crippen LogP contribution is 2.44. The summed E-state index contributed by atoms with van der Waals surface area (Å²) in [7, 11) is 0. The summed E-state index contributed by atoms with van der Waals surface area (Å²) in [5, 5.41) is 0. The Morgan fingerprint density at radius 2 is 1.18 bits per heavy atom. The van der Waals surface area contributed by atoms with Crippen LogP contribution in [0.2, 0.25) is 0 Å². The predicted molar refractivity (Wildman–Crippen MR) is 136 cm³/mol. The lowest BCUT2D eigenvalue weighted by Crippen LogP contribution is -2.39. The van der Waals surface area contributed by atoms with E-state index in [9.17, 15) is 4.79 Å². The van der Waals surface area contributed by atoms with Crippen LogP contribution < -0.4 is 0 Å². The number of benzene rings is 4. The third-order valence-electron chi connectivity index (χ3n) is 6.87. The summed E-state index contributed by atoms with van der Waals surface area (Å²) < 4.78 is 5.83. The van der Waals surface area contributed by atoms with Gasteiger partial charge in [-0.25, -0.2) is 4.79 Å². The summed E-state index contributed by atoms with van der Waals surface area (Å²) in [5.74, 6) is 0. The smallest absolute Gasteiger partial charge is 0.410 e. The van der Waals surface area contributed by atoms with E-state index in [4.69, 9.17) is 4.74 Å². The van der Waals surface area contributed by atoms with Crippen LogP contribution in [0.25, 0.3) is 0 Å². The first-order valence-corrected chi connectivity index (χ1v) is 11.9. The van der Waals surface area contributed by atoms with Crippen molar-refractivity contribution in [2.75, 3.05) is 6.54 Å². The molecule has 0 radical (unpaired) electrons. The fourth-order valence-electron chi connectivity index (χ4n) is 5.18. The number of likely N-dealkylation sites (tertiary alicyclic amines) is 1. The molecule has 1 saturated heterocycles. The van der Waals surface area contributed by atoms with Crippen LogP contribution in [0.5, 0.6) is 0 Å². The molecule has 0 N–H and O–H groups in total. The molecule has 3 nitrogen and oxygen atoms in total. The molecule has 0 saturated carbocycles. The first-order valence-electron chi connectivity index (χ1n) is 11.9. The Balaban J connectivity index is 1.49. The van der Waals surface area contributed by atoms with E-state index in [1.807, 2.05) is 53.4 Å². The standard InChI is InChI=1S/C31H29NO2/c33-30(34-23-26-15-7-2-8-16-26)32-24-31(27-17-9-3-10-18-27,28-19-11-4-12-20-28)22-29(32)21-25-13-5-1-6-14-25/h1-20,29H,21-24H2. The number of amides is 1. The van der Waals surface area contributed by atoms with Crippen LogP contribution >= 0.6 is 0 Å². The summed E-state index contributed by atoms with van der Waals surface area (Å²) in [6.07, 6.45) is 1.39. The fourth-order valence-corrected chi connectivity index (χ4v) is 5.18. The zero-order chi connectivity index (χ0) is 23.2. The van der Waals surface area contributed by atoms with E-state index in [0.29, 0.717) is 6.54 Å². The van der Waals surface area contributed by atoms with Crippen molar-refractivity contribution in [2.45, 2.75) is 30.9 Å². The molecule has 0 aliphatic carbocycles. The Morgan fingerprint density at radius 3 is 1.71 bits per heavy atom. The van der Waals surface area contributed by atoms with Crippen molar-refractivity contribution in [1.29, 1.82) is 0 Å². The molecule has 1 aliphatic heterocycles. The number of carbonyl (C=O) groups is 1. The predicted octanol–water partition coefficient (Wildman–Crippen LogP) is 6.63. The maximum absolute atomic E-state index is 13.5. The maximum atomic E-state index is 13.5. The highest BCUT2D eigenvalue weighted by molar-refractivity contribution is 5.70. The Kier molecular flexibility index (Phi) is 6.44. The van der Waals surface area contributed by atoms with E-state index in [-0.39, 0.29) is 24.2 Å². The van der Waals surface area contributed by atoms with Crippen LogP contribution in [0, 0.1) is 0 Å². The van der Waals surface area contributed by atoms with Crippen molar-refractivity contribution in [3.05, 3.63) is 144 Å². The average molecular weight is 448 g/mol. The summed E-state index contributed by atoms with van der Waals surface area (Å²) in [4.78, 5) is 15.4. The third kappa shape index (κ3) is 4.60. The Hall–Kier alpha value is -3.85. The number of hydrogen-bond acceptors (Lipinski definition) is 2. The van der Waals surface area contributed by atoms with E-state index in [0.717, 1.165) is 18.4 Å². The summed E-state index contributed by atoms with van der Waals surface area (Å²) in [6.45, 7) is 0.865. The molecular weight excluding hydrogens is 418 g/mol. The van der Waals surface area contributed by atoms with Crippen LogP contribution in [0.1, 0.15) is 28.7 Å². The van der Waals surface area contributed by atoms with E-state index >= 15 is 0 Å². The van der Waals surface area contributed by atoms with Crippen LogP contribution in [-0.2, 0) is 23.2 Å². The molecule has 1 fully saturated rings. The molecule has 170 valence electrons. The Bertz CT molecular complexity index is 1150. The summed E-state index contributed by atoms with van der Waals surface area (Å²) in [5.41, 5.74) is 4.40. The second kappa shape index (κ2) is 9.96. The fraction of sp³-hybridized carbons (Fsp3) is 0.194. The van der Waals surface area contributed by atoms with E-state index in [1.54, 1.807) is 0 Å². The van der Waals surface area contributed by atoms with Crippen molar-refractivity contribution < 1.29 is 9.53 Å². The van der Waals surface area contributed by atoms with E-state index in [1.165, 1.54) is 16.7 Å². The summed E-state index contributed by atoms with van der Waals surface area (Å²) >= 11 is 0. The molecule has 1 unspecified atom stereocenters. The van der Waals surface area contributed by atoms with Crippen LogP contribution in [0.3, 0.4) is 0 Å². The molecule has 4 aromatic carbocycles. The quantitative estimate of drug-likeness (QED) is 0.332. The second-order valence-corrected chi connectivity index (χ2v) is 9.03. The molecule has 1 aliphatic rings. The van der Waals surface area contributed by atoms with Gasteiger partial charge >= 0.3 is 6.09 Å². The van der Waals surface area contributed by atoms with Gasteiger partial charge in [0.1, 0.15) is 6.61 Å². The zero-order valence-electron chi connectivity index (χ0n) is 19.2. The molecule has 3 heteroatoms. The minimum Gasteiger partial charge on any atom is -0.445 e. The molecule has 0 aromatic heterocycles. The van der Waals surface area contributed by atoms with Gasteiger partial charge in [0.25, 0.3) is 0 Å². The number of nitrogens with zero attached hydrogens (tertiary/aromatic N) is 1. The van der Waals surface area contributed by atoms with Crippen molar-refractivity contribution >= 4 is 6.09 Å². The molecule has 0 bridgehead atoms. The van der Waals surface area contributed by atoms with Gasteiger partial charge in [-0.3, -0.25) is 0 Å². The molecule has 0 spiro atoms. The maximum Gasteiger partial charge on any atom is 0.410 e. The van der Waals surface area contributed by atoms with E-state index in [2.05, 4.69) is 72.8 Å². The van der Waals surface area contributed by atoms with Crippen LogP contribution in [0.15, 0.2) is 121 Å². The Morgan fingerprint density at radius 1 is 0.706 bits per heavy atom. The monoisotopic (exact) mass is 447 g/mol. The van der Waals surface area contributed by atoms with Gasteiger partial charge < -0.3 is 9.64 Å². The highest BCUT2D eigenvalue weighted by Gasteiger charge is 2.48. The lowest BCUT2D eigenvalue weighted by molar-refractivity contribution is 0.0912. The third-order valence-corrected chi connectivity index (χ3v) is 6.87. The minimum atomic E-state index is -0.284. The average Bonchev–Trinajstić information content (AvgIpc) is 3.30. The molecular formula is C31H29NO2. The zero-order valence-corrected chi connectivity index (χ0v) is 19.2. The first-order chi connectivity index (χ1) is 16.7.